The summed E-state index contributed by atoms with van der Waals surface area (Å²) < 4.78 is 0. The quantitative estimate of drug-likeness (QED) is 0.114. The Bertz CT molecular complexity index is 4910. The molecular weight excluding hydrogens is 1130 g/mol. The molecule has 0 radical (unpaired) electrons. The van der Waals surface area contributed by atoms with Crippen molar-refractivity contribution in [1.82, 2.24) is 0 Å². The van der Waals surface area contributed by atoms with Crippen molar-refractivity contribution in [2.24, 2.45) is 0 Å². The molecule has 0 amide bonds. The van der Waals surface area contributed by atoms with E-state index in [1.807, 2.05) is 0 Å². The molecule has 0 heterocycles. The van der Waals surface area contributed by atoms with Gasteiger partial charge in [0.15, 0.2) is 0 Å². The Morgan fingerprint density at radius 3 is 0.766 bits per heavy atom. The number of anilines is 6. The molecule has 0 fully saturated rings. The third-order valence-corrected chi connectivity index (χ3v) is 19.1. The van der Waals surface area contributed by atoms with Gasteiger partial charge in [0.05, 0.1) is 10.8 Å². The zero-order chi connectivity index (χ0) is 62.7. The first-order valence-corrected chi connectivity index (χ1v) is 32.5. The number of nitrogens with zero attached hydrogens (tertiary/aromatic N) is 2. The Morgan fingerprint density at radius 2 is 0.394 bits per heavy atom. The summed E-state index contributed by atoms with van der Waals surface area (Å²) >= 11 is 0. The number of hydrogen-bond acceptors (Lipinski definition) is 2. The summed E-state index contributed by atoms with van der Waals surface area (Å²) in [6.45, 7) is 0. The lowest BCUT2D eigenvalue weighted by Gasteiger charge is -2.35. The van der Waals surface area contributed by atoms with E-state index in [0.29, 0.717) is 0 Å². The van der Waals surface area contributed by atoms with Crippen molar-refractivity contribution >= 4 is 34.1 Å². The van der Waals surface area contributed by atoms with Gasteiger partial charge >= 0.3 is 0 Å². The first-order valence-electron chi connectivity index (χ1n) is 32.5. The first-order chi connectivity index (χ1) is 46.6. The SMILES string of the molecule is c1ccc(-c2ccc(N(c3ccc(-c4ccccc4)cc3)c3ccc4c(c3)C(c3ccccc3)(c3ccccc3)c3ccccc3-4)cc2)cc1.c1ccc(-c2ccc(N(c3ccccc3)c3cccc(C4(c5ccccc5)c5ccccc5-c5ccccc54)c3)cc2)cc1. The molecule has 0 bridgehead atoms. The van der Waals surface area contributed by atoms with Crippen molar-refractivity contribution in [3.63, 3.8) is 0 Å². The van der Waals surface area contributed by atoms with Crippen molar-refractivity contribution in [3.8, 4) is 55.6 Å². The Balaban J connectivity index is 0.000000150. The molecule has 2 aliphatic rings. The second-order valence-electron chi connectivity index (χ2n) is 24.3. The molecule has 0 N–H and O–H groups in total. The topological polar surface area (TPSA) is 6.48 Å². The Morgan fingerprint density at radius 1 is 0.149 bits per heavy atom. The van der Waals surface area contributed by atoms with Crippen LogP contribution in [0.3, 0.4) is 0 Å². The zero-order valence-corrected chi connectivity index (χ0v) is 52.0. The van der Waals surface area contributed by atoms with Gasteiger partial charge in [0.2, 0.25) is 0 Å². The van der Waals surface area contributed by atoms with Crippen LogP contribution < -0.4 is 9.80 Å². The van der Waals surface area contributed by atoms with E-state index in [9.17, 15) is 0 Å². The fourth-order valence-electron chi connectivity index (χ4n) is 14.9. The van der Waals surface area contributed by atoms with Crippen LogP contribution in [0, 0.1) is 0 Å². The molecular formula is C92H66N2. The van der Waals surface area contributed by atoms with Gasteiger partial charge in [-0.05, 0) is 173 Å². The zero-order valence-electron chi connectivity index (χ0n) is 52.0. The van der Waals surface area contributed by atoms with Crippen LogP contribution in [-0.2, 0) is 10.8 Å². The summed E-state index contributed by atoms with van der Waals surface area (Å²) in [5.74, 6) is 0. The molecule has 17 rings (SSSR count). The van der Waals surface area contributed by atoms with E-state index >= 15 is 0 Å². The van der Waals surface area contributed by atoms with E-state index in [4.69, 9.17) is 0 Å². The molecule has 0 aliphatic heterocycles. The van der Waals surface area contributed by atoms with E-state index in [0.717, 1.165) is 34.1 Å². The molecule has 15 aromatic rings. The molecule has 2 heteroatoms. The van der Waals surface area contributed by atoms with E-state index in [1.54, 1.807) is 0 Å². The maximum Gasteiger partial charge on any atom is 0.0714 e. The maximum absolute atomic E-state index is 2.44. The van der Waals surface area contributed by atoms with Crippen molar-refractivity contribution in [2.45, 2.75) is 10.8 Å². The highest BCUT2D eigenvalue weighted by atomic mass is 15.1. The first kappa shape index (κ1) is 57.1. The lowest BCUT2D eigenvalue weighted by Crippen LogP contribution is -2.28. The van der Waals surface area contributed by atoms with E-state index in [1.165, 1.54) is 100 Å². The standard InChI is InChI=1S/C49H35N.C43H31N/c1-5-15-36(16-6-1)38-25-29-42(30-26-38)50(43-31-27-39(28-32-43)37-17-7-2-8-18-37)44-33-34-46-45-23-13-14-24-47(45)49(48(46)35-44,40-19-9-3-10-20-40)41-21-11-4-12-22-41;1-4-15-32(16-5-1)33-27-29-37(30-28-33)44(36-20-8-3-9-21-36)38-22-14-19-35(31-38)43(34-17-6-2-7-18-34)41-25-12-10-23-39(41)40-24-11-13-26-42(40)43/h1-35H;1-31H. The minimum atomic E-state index is -0.468. The van der Waals surface area contributed by atoms with E-state index in [-0.39, 0.29) is 0 Å². The average Bonchev–Trinajstić information content (AvgIpc) is 1.54. The van der Waals surface area contributed by atoms with Gasteiger partial charge in [-0.1, -0.05) is 328 Å². The highest BCUT2D eigenvalue weighted by molar-refractivity contribution is 5.91. The minimum absolute atomic E-state index is 0.440. The Kier molecular flexibility index (Phi) is 15.1. The summed E-state index contributed by atoms with van der Waals surface area (Å²) in [4.78, 5) is 4.76. The minimum Gasteiger partial charge on any atom is -0.310 e. The van der Waals surface area contributed by atoms with Crippen molar-refractivity contribution in [2.75, 3.05) is 9.80 Å². The van der Waals surface area contributed by atoms with Crippen molar-refractivity contribution < 1.29 is 0 Å². The molecule has 0 aromatic heterocycles. The highest BCUT2D eigenvalue weighted by Gasteiger charge is 2.48. The van der Waals surface area contributed by atoms with Crippen LogP contribution in [0.15, 0.2) is 400 Å². The summed E-state index contributed by atoms with van der Waals surface area (Å²) in [6.07, 6.45) is 0. The predicted octanol–water partition coefficient (Wildman–Crippen LogP) is 24.0. The van der Waals surface area contributed by atoms with Crippen LogP contribution in [0.2, 0.25) is 0 Å². The van der Waals surface area contributed by atoms with Crippen molar-refractivity contribution in [1.29, 1.82) is 0 Å². The summed E-state index contributed by atoms with van der Waals surface area (Å²) in [5.41, 5.74) is 28.5. The Hall–Kier alpha value is -12.1. The maximum atomic E-state index is 2.44. The van der Waals surface area contributed by atoms with Crippen LogP contribution in [0.1, 0.15) is 44.5 Å². The fraction of sp³-hybridized carbons (Fsp3) is 0.0217. The number of benzene rings is 15. The lowest BCUT2D eigenvalue weighted by molar-refractivity contribution is 0.768. The third-order valence-electron chi connectivity index (χ3n) is 19.1. The lowest BCUT2D eigenvalue weighted by atomic mass is 9.67. The normalized spacial score (nSPS) is 12.6. The number of para-hydroxylation sites is 1. The van der Waals surface area contributed by atoms with Gasteiger partial charge in [0.1, 0.15) is 0 Å². The Labute approximate surface area is 551 Å². The molecule has 15 aromatic carbocycles. The molecule has 0 unspecified atom stereocenters. The van der Waals surface area contributed by atoms with Crippen LogP contribution in [0.25, 0.3) is 55.6 Å². The van der Waals surface area contributed by atoms with Gasteiger partial charge in [0, 0.05) is 34.1 Å². The molecule has 444 valence electrons. The van der Waals surface area contributed by atoms with Gasteiger partial charge in [-0.15, -0.1) is 0 Å². The third kappa shape index (κ3) is 10.1. The monoisotopic (exact) mass is 1200 g/mol. The van der Waals surface area contributed by atoms with Crippen LogP contribution in [-0.4, -0.2) is 0 Å². The molecule has 0 saturated heterocycles. The number of rotatable bonds is 13. The predicted molar refractivity (Wildman–Crippen MR) is 393 cm³/mol. The number of hydrogen-bond donors (Lipinski definition) is 0. The van der Waals surface area contributed by atoms with Gasteiger partial charge < -0.3 is 9.80 Å². The highest BCUT2D eigenvalue weighted by Crippen LogP contribution is 2.59. The number of fused-ring (bicyclic) bond motifs is 6. The van der Waals surface area contributed by atoms with E-state index < -0.39 is 10.8 Å². The second kappa shape index (κ2) is 24.9. The van der Waals surface area contributed by atoms with Crippen LogP contribution in [0.4, 0.5) is 34.1 Å². The smallest absolute Gasteiger partial charge is 0.0714 e. The molecule has 2 nitrogen and oxygen atoms in total. The average molecular weight is 1200 g/mol. The molecule has 94 heavy (non-hydrogen) atoms. The van der Waals surface area contributed by atoms with Crippen LogP contribution >= 0.6 is 0 Å². The molecule has 2 aliphatic carbocycles. The van der Waals surface area contributed by atoms with Gasteiger partial charge in [-0.2, -0.15) is 0 Å². The van der Waals surface area contributed by atoms with Crippen LogP contribution in [0.5, 0.6) is 0 Å². The van der Waals surface area contributed by atoms with E-state index in [2.05, 4.69) is 410 Å². The van der Waals surface area contributed by atoms with Gasteiger partial charge in [0.25, 0.3) is 0 Å². The summed E-state index contributed by atoms with van der Waals surface area (Å²) in [6, 6.07) is 145. The summed E-state index contributed by atoms with van der Waals surface area (Å²) in [5, 5.41) is 0. The van der Waals surface area contributed by atoms with Gasteiger partial charge in [-0.3, -0.25) is 0 Å². The molecule has 0 atom stereocenters. The molecule has 0 spiro atoms. The summed E-state index contributed by atoms with van der Waals surface area (Å²) in [7, 11) is 0. The largest absolute Gasteiger partial charge is 0.310 e. The second-order valence-corrected chi connectivity index (χ2v) is 24.3. The van der Waals surface area contributed by atoms with Crippen molar-refractivity contribution in [3.05, 3.63) is 445 Å². The molecule has 0 saturated carbocycles. The van der Waals surface area contributed by atoms with Gasteiger partial charge in [-0.25, -0.2) is 0 Å². The fourth-order valence-corrected chi connectivity index (χ4v) is 14.9.